The summed E-state index contributed by atoms with van der Waals surface area (Å²) < 4.78 is 6.41. The highest BCUT2D eigenvalue weighted by atomic mass is 35.5. The molecule has 0 aliphatic rings. The lowest BCUT2D eigenvalue weighted by atomic mass is 10.2. The lowest BCUT2D eigenvalue weighted by Crippen LogP contribution is -2.04. The maximum absolute atomic E-state index is 6.25. The number of aryl methyl sites for hydroxylation is 1. The van der Waals surface area contributed by atoms with Crippen LogP contribution in [0.5, 0.6) is 5.75 Å². The molecule has 3 rings (SSSR count). The van der Waals surface area contributed by atoms with E-state index < -0.39 is 0 Å². The standard InChI is InChI=1S/C15H14ClN3OS/c1-9-7-21-14-13(9)18-8-19-15(14)17-6-10-11(16)4-3-5-12(10)20-2/h3-5,7-8H,6H2,1-2H3,(H,17,18,19). The second-order valence-electron chi connectivity index (χ2n) is 4.59. The van der Waals surface area contributed by atoms with Crippen molar-refractivity contribution < 1.29 is 4.74 Å². The second-order valence-corrected chi connectivity index (χ2v) is 5.88. The van der Waals surface area contributed by atoms with Gasteiger partial charge in [-0.25, -0.2) is 9.97 Å². The van der Waals surface area contributed by atoms with E-state index in [0.29, 0.717) is 11.6 Å². The molecule has 21 heavy (non-hydrogen) atoms. The fourth-order valence-corrected chi connectivity index (χ4v) is 3.37. The molecule has 3 aromatic rings. The van der Waals surface area contributed by atoms with Crippen LogP contribution in [-0.4, -0.2) is 17.1 Å². The topological polar surface area (TPSA) is 47.0 Å². The monoisotopic (exact) mass is 319 g/mol. The fourth-order valence-electron chi connectivity index (χ4n) is 2.17. The number of anilines is 1. The van der Waals surface area contributed by atoms with Crippen LogP contribution in [0.4, 0.5) is 5.82 Å². The number of ether oxygens (including phenoxy) is 1. The summed E-state index contributed by atoms with van der Waals surface area (Å²) in [5, 5.41) is 6.09. The van der Waals surface area contributed by atoms with Crippen LogP contribution < -0.4 is 10.1 Å². The number of nitrogens with zero attached hydrogens (tertiary/aromatic N) is 2. The number of benzene rings is 1. The first-order valence-corrected chi connectivity index (χ1v) is 7.70. The van der Waals surface area contributed by atoms with Gasteiger partial charge in [-0.15, -0.1) is 11.3 Å². The van der Waals surface area contributed by atoms with E-state index in [1.165, 1.54) is 0 Å². The fraction of sp³-hybridized carbons (Fsp3) is 0.200. The molecule has 2 heterocycles. The number of hydrogen-bond acceptors (Lipinski definition) is 5. The van der Waals surface area contributed by atoms with Gasteiger partial charge in [0, 0.05) is 17.1 Å². The van der Waals surface area contributed by atoms with Gasteiger partial charge in [-0.1, -0.05) is 17.7 Å². The van der Waals surface area contributed by atoms with Crippen LogP contribution in [0, 0.1) is 6.92 Å². The van der Waals surface area contributed by atoms with Gasteiger partial charge in [0.25, 0.3) is 0 Å². The van der Waals surface area contributed by atoms with Crippen molar-refractivity contribution in [1.82, 2.24) is 9.97 Å². The zero-order valence-corrected chi connectivity index (χ0v) is 13.3. The largest absolute Gasteiger partial charge is 0.496 e. The molecule has 4 nitrogen and oxygen atoms in total. The van der Waals surface area contributed by atoms with Crippen LogP contribution in [0.25, 0.3) is 10.2 Å². The zero-order valence-electron chi connectivity index (χ0n) is 11.7. The quantitative estimate of drug-likeness (QED) is 0.780. The number of nitrogens with one attached hydrogen (secondary N) is 1. The Morgan fingerprint density at radius 3 is 3.00 bits per heavy atom. The van der Waals surface area contributed by atoms with Gasteiger partial charge in [-0.2, -0.15) is 0 Å². The number of aromatic nitrogens is 2. The molecule has 0 aliphatic carbocycles. The molecule has 0 atom stereocenters. The van der Waals surface area contributed by atoms with Crippen molar-refractivity contribution in [2.24, 2.45) is 0 Å². The van der Waals surface area contributed by atoms with Crippen molar-refractivity contribution >= 4 is 39.0 Å². The highest BCUT2D eigenvalue weighted by Crippen LogP contribution is 2.31. The third kappa shape index (κ3) is 2.66. The highest BCUT2D eigenvalue weighted by molar-refractivity contribution is 7.18. The lowest BCUT2D eigenvalue weighted by molar-refractivity contribution is 0.410. The summed E-state index contributed by atoms with van der Waals surface area (Å²) in [5.41, 5.74) is 3.07. The zero-order chi connectivity index (χ0) is 14.8. The van der Waals surface area contributed by atoms with Gasteiger partial charge in [0.2, 0.25) is 0 Å². The summed E-state index contributed by atoms with van der Waals surface area (Å²) in [6, 6.07) is 5.62. The molecular weight excluding hydrogens is 306 g/mol. The molecule has 0 unspecified atom stereocenters. The first kappa shape index (κ1) is 14.1. The van der Waals surface area contributed by atoms with E-state index in [0.717, 1.165) is 32.9 Å². The van der Waals surface area contributed by atoms with Crippen molar-refractivity contribution in [2.75, 3.05) is 12.4 Å². The van der Waals surface area contributed by atoms with Crippen molar-refractivity contribution in [2.45, 2.75) is 13.5 Å². The maximum Gasteiger partial charge on any atom is 0.147 e. The van der Waals surface area contributed by atoms with Crippen molar-refractivity contribution in [3.8, 4) is 5.75 Å². The van der Waals surface area contributed by atoms with Crippen molar-refractivity contribution in [3.05, 3.63) is 46.1 Å². The minimum absolute atomic E-state index is 0.548. The Morgan fingerprint density at radius 2 is 2.19 bits per heavy atom. The lowest BCUT2D eigenvalue weighted by Gasteiger charge is -2.12. The van der Waals surface area contributed by atoms with Crippen molar-refractivity contribution in [3.63, 3.8) is 0 Å². The van der Waals surface area contributed by atoms with Gasteiger partial charge in [-0.05, 0) is 30.0 Å². The van der Waals surface area contributed by atoms with Gasteiger partial charge >= 0.3 is 0 Å². The third-order valence-corrected chi connectivity index (χ3v) is 4.71. The average Bonchev–Trinajstić information content (AvgIpc) is 2.88. The molecule has 2 aromatic heterocycles. The summed E-state index contributed by atoms with van der Waals surface area (Å²) >= 11 is 7.88. The number of fused-ring (bicyclic) bond motifs is 1. The third-order valence-electron chi connectivity index (χ3n) is 3.26. The van der Waals surface area contributed by atoms with E-state index in [9.17, 15) is 0 Å². The molecule has 0 saturated carbocycles. The molecule has 0 radical (unpaired) electrons. The van der Waals surface area contributed by atoms with E-state index in [1.807, 2.05) is 25.1 Å². The summed E-state index contributed by atoms with van der Waals surface area (Å²) in [6.07, 6.45) is 1.58. The SMILES string of the molecule is COc1cccc(Cl)c1CNc1ncnc2c(C)csc12. The van der Waals surface area contributed by atoms with Gasteiger partial charge in [-0.3, -0.25) is 0 Å². The Labute approximate surface area is 131 Å². The number of rotatable bonds is 4. The van der Waals surface area contributed by atoms with Crippen LogP contribution in [0.3, 0.4) is 0 Å². The van der Waals surface area contributed by atoms with Crippen LogP contribution in [-0.2, 0) is 6.54 Å². The predicted octanol–water partition coefficient (Wildman–Crippen LogP) is 4.27. The molecule has 0 amide bonds. The molecular formula is C15H14ClN3OS. The summed E-state index contributed by atoms with van der Waals surface area (Å²) in [7, 11) is 1.64. The Morgan fingerprint density at radius 1 is 1.33 bits per heavy atom. The first-order valence-electron chi connectivity index (χ1n) is 6.44. The van der Waals surface area contributed by atoms with E-state index in [2.05, 4.69) is 20.7 Å². The molecule has 0 fully saturated rings. The van der Waals surface area contributed by atoms with Crippen LogP contribution in [0.1, 0.15) is 11.1 Å². The summed E-state index contributed by atoms with van der Waals surface area (Å²) in [6.45, 7) is 2.60. The molecule has 1 N–H and O–H groups in total. The molecule has 0 aliphatic heterocycles. The Hall–Kier alpha value is -1.85. The number of thiophene rings is 1. The van der Waals surface area contributed by atoms with Crippen molar-refractivity contribution in [1.29, 1.82) is 0 Å². The Kier molecular flexibility index (Phi) is 3.94. The van der Waals surface area contributed by atoms with Gasteiger partial charge in [0.05, 0.1) is 17.3 Å². The normalized spacial score (nSPS) is 10.8. The van der Waals surface area contributed by atoms with E-state index >= 15 is 0 Å². The van der Waals surface area contributed by atoms with Gasteiger partial charge < -0.3 is 10.1 Å². The van der Waals surface area contributed by atoms with Gasteiger partial charge in [0.1, 0.15) is 17.9 Å². The molecule has 0 spiro atoms. The summed E-state index contributed by atoms with van der Waals surface area (Å²) in [4.78, 5) is 8.64. The van der Waals surface area contributed by atoms with Gasteiger partial charge in [0.15, 0.2) is 0 Å². The number of methoxy groups -OCH3 is 1. The molecule has 0 bridgehead atoms. The molecule has 0 saturated heterocycles. The molecule has 1 aromatic carbocycles. The smallest absolute Gasteiger partial charge is 0.147 e. The van der Waals surface area contributed by atoms with Crippen LogP contribution in [0.2, 0.25) is 5.02 Å². The maximum atomic E-state index is 6.25. The van der Waals surface area contributed by atoms with E-state index in [-0.39, 0.29) is 0 Å². The predicted molar refractivity (Wildman–Crippen MR) is 87.5 cm³/mol. The van der Waals surface area contributed by atoms with E-state index in [1.54, 1.807) is 24.8 Å². The van der Waals surface area contributed by atoms with Crippen LogP contribution >= 0.6 is 22.9 Å². The molecule has 6 heteroatoms. The minimum Gasteiger partial charge on any atom is -0.496 e. The highest BCUT2D eigenvalue weighted by Gasteiger charge is 2.11. The number of hydrogen-bond donors (Lipinski definition) is 1. The average molecular weight is 320 g/mol. The molecule has 108 valence electrons. The second kappa shape index (κ2) is 5.87. The number of halogens is 1. The Balaban J connectivity index is 1.91. The first-order chi connectivity index (χ1) is 10.2. The van der Waals surface area contributed by atoms with Crippen LogP contribution in [0.15, 0.2) is 29.9 Å². The van der Waals surface area contributed by atoms with E-state index in [4.69, 9.17) is 16.3 Å². The minimum atomic E-state index is 0.548. The summed E-state index contributed by atoms with van der Waals surface area (Å²) in [5.74, 6) is 1.59. The Bertz CT molecular complexity index is 788.